The predicted octanol–water partition coefficient (Wildman–Crippen LogP) is 3.29. The molecule has 4 nitrogen and oxygen atoms in total. The van der Waals surface area contributed by atoms with Crippen LogP contribution in [0.4, 0.5) is 0 Å². The van der Waals surface area contributed by atoms with Gasteiger partial charge in [-0.15, -0.1) is 0 Å². The van der Waals surface area contributed by atoms with E-state index in [1.54, 1.807) is 7.11 Å². The third kappa shape index (κ3) is 3.17. The zero-order chi connectivity index (χ0) is 15.5. The first-order valence-electron chi connectivity index (χ1n) is 7.16. The highest BCUT2D eigenvalue weighted by Crippen LogP contribution is 2.36. The number of hydroxylamine groups is 2. The summed E-state index contributed by atoms with van der Waals surface area (Å²) in [5.41, 5.74) is 3.42. The monoisotopic (exact) mass is 363 g/mol. The molecule has 0 aromatic heterocycles. The van der Waals surface area contributed by atoms with Crippen molar-refractivity contribution in [3.8, 4) is 5.75 Å². The Hall–Kier alpha value is -1.40. The van der Waals surface area contributed by atoms with Crippen LogP contribution in [0.1, 0.15) is 22.8 Å². The standard InChI is InChI=1S/C17H18BrNO3/c1-21-15-5-2-12(3-6-15)17-16-7-4-14(18)10-13(16)11-19(22-17)8-9-20/h2-7,10,17,20H,8-9,11H2,1H3. The van der Waals surface area contributed by atoms with Gasteiger partial charge in [0.15, 0.2) is 0 Å². The lowest BCUT2D eigenvalue weighted by Crippen LogP contribution is -2.33. The van der Waals surface area contributed by atoms with Crippen molar-refractivity contribution in [3.63, 3.8) is 0 Å². The highest BCUT2D eigenvalue weighted by molar-refractivity contribution is 9.10. The van der Waals surface area contributed by atoms with Crippen LogP contribution in [0.25, 0.3) is 0 Å². The number of aliphatic hydroxyl groups excluding tert-OH is 1. The first-order chi connectivity index (χ1) is 10.7. The van der Waals surface area contributed by atoms with Crippen LogP contribution in [0.2, 0.25) is 0 Å². The molecule has 1 unspecified atom stereocenters. The van der Waals surface area contributed by atoms with Gasteiger partial charge in [-0.3, -0.25) is 4.84 Å². The van der Waals surface area contributed by atoms with Crippen LogP contribution in [-0.2, 0) is 11.4 Å². The van der Waals surface area contributed by atoms with E-state index in [0.29, 0.717) is 13.1 Å². The molecule has 2 aromatic rings. The minimum Gasteiger partial charge on any atom is -0.497 e. The summed E-state index contributed by atoms with van der Waals surface area (Å²) in [7, 11) is 1.65. The average molecular weight is 364 g/mol. The maximum absolute atomic E-state index is 9.20. The van der Waals surface area contributed by atoms with Crippen LogP contribution in [0.15, 0.2) is 46.9 Å². The Kier molecular flexibility index (Phi) is 4.78. The fourth-order valence-electron chi connectivity index (χ4n) is 2.66. The number of β-amino-alcohol motifs (C(OH)–C–C–N with tert-alkyl or cyclic N) is 1. The van der Waals surface area contributed by atoms with Gasteiger partial charge in [-0.1, -0.05) is 34.1 Å². The largest absolute Gasteiger partial charge is 0.497 e. The Bertz CT molecular complexity index is 645. The van der Waals surface area contributed by atoms with E-state index in [1.807, 2.05) is 35.4 Å². The highest BCUT2D eigenvalue weighted by Gasteiger charge is 2.27. The fourth-order valence-corrected chi connectivity index (χ4v) is 3.07. The Morgan fingerprint density at radius 3 is 2.73 bits per heavy atom. The summed E-state index contributed by atoms with van der Waals surface area (Å²) < 4.78 is 6.26. The van der Waals surface area contributed by atoms with Crippen molar-refractivity contribution in [1.82, 2.24) is 5.06 Å². The highest BCUT2D eigenvalue weighted by atomic mass is 79.9. The van der Waals surface area contributed by atoms with Crippen molar-refractivity contribution in [1.29, 1.82) is 0 Å². The van der Waals surface area contributed by atoms with Gasteiger partial charge in [-0.25, -0.2) is 0 Å². The van der Waals surface area contributed by atoms with Crippen LogP contribution >= 0.6 is 15.9 Å². The minimum atomic E-state index is -0.172. The number of hydrogen-bond acceptors (Lipinski definition) is 4. The maximum atomic E-state index is 9.20. The van der Waals surface area contributed by atoms with E-state index in [4.69, 9.17) is 9.57 Å². The van der Waals surface area contributed by atoms with Gasteiger partial charge >= 0.3 is 0 Å². The molecule has 3 rings (SSSR count). The first kappa shape index (κ1) is 15.5. The van der Waals surface area contributed by atoms with E-state index in [9.17, 15) is 5.11 Å². The Morgan fingerprint density at radius 1 is 1.27 bits per heavy atom. The summed E-state index contributed by atoms with van der Waals surface area (Å²) in [4.78, 5) is 6.07. The molecule has 22 heavy (non-hydrogen) atoms. The number of ether oxygens (including phenoxy) is 1. The van der Waals surface area contributed by atoms with Crippen molar-refractivity contribution < 1.29 is 14.7 Å². The van der Waals surface area contributed by atoms with Crippen molar-refractivity contribution >= 4 is 15.9 Å². The zero-order valence-electron chi connectivity index (χ0n) is 12.3. The lowest BCUT2D eigenvalue weighted by Gasteiger charge is -2.34. The quantitative estimate of drug-likeness (QED) is 0.904. The number of aliphatic hydroxyl groups is 1. The first-order valence-corrected chi connectivity index (χ1v) is 7.95. The van der Waals surface area contributed by atoms with Gasteiger partial charge in [0.1, 0.15) is 11.9 Å². The fraction of sp³-hybridized carbons (Fsp3) is 0.294. The Balaban J connectivity index is 1.97. The molecule has 0 amide bonds. The smallest absolute Gasteiger partial charge is 0.130 e. The van der Waals surface area contributed by atoms with Crippen LogP contribution in [0.5, 0.6) is 5.75 Å². The van der Waals surface area contributed by atoms with Gasteiger partial charge in [0.05, 0.1) is 13.7 Å². The number of fused-ring (bicyclic) bond motifs is 1. The summed E-state index contributed by atoms with van der Waals surface area (Å²) in [6, 6.07) is 14.1. The van der Waals surface area contributed by atoms with Crippen molar-refractivity contribution in [2.24, 2.45) is 0 Å². The Morgan fingerprint density at radius 2 is 2.05 bits per heavy atom. The number of nitrogens with zero attached hydrogens (tertiary/aromatic N) is 1. The second kappa shape index (κ2) is 6.79. The summed E-state index contributed by atoms with van der Waals surface area (Å²) in [5.74, 6) is 0.822. The van der Waals surface area contributed by atoms with Crippen LogP contribution in [-0.4, -0.2) is 30.4 Å². The van der Waals surface area contributed by atoms with E-state index in [0.717, 1.165) is 21.3 Å². The normalized spacial score (nSPS) is 18.0. The molecule has 0 fully saturated rings. The molecule has 0 bridgehead atoms. The van der Waals surface area contributed by atoms with Gasteiger partial charge < -0.3 is 9.84 Å². The Labute approximate surface area is 138 Å². The van der Waals surface area contributed by atoms with Crippen molar-refractivity contribution in [2.75, 3.05) is 20.3 Å². The topological polar surface area (TPSA) is 41.9 Å². The molecule has 1 aliphatic heterocycles. The van der Waals surface area contributed by atoms with Gasteiger partial charge in [0, 0.05) is 17.6 Å². The molecule has 1 N–H and O–H groups in total. The maximum Gasteiger partial charge on any atom is 0.130 e. The van der Waals surface area contributed by atoms with E-state index in [1.165, 1.54) is 5.56 Å². The molecule has 0 saturated heterocycles. The molecule has 1 heterocycles. The van der Waals surface area contributed by atoms with Crippen molar-refractivity contribution in [2.45, 2.75) is 12.6 Å². The lowest BCUT2D eigenvalue weighted by atomic mass is 9.95. The van der Waals surface area contributed by atoms with Gasteiger partial charge in [0.25, 0.3) is 0 Å². The summed E-state index contributed by atoms with van der Waals surface area (Å²) in [5, 5.41) is 11.0. The summed E-state index contributed by atoms with van der Waals surface area (Å²) in [6.07, 6.45) is -0.172. The molecule has 0 aliphatic carbocycles. The average Bonchev–Trinajstić information content (AvgIpc) is 2.54. The van der Waals surface area contributed by atoms with E-state index < -0.39 is 0 Å². The zero-order valence-corrected chi connectivity index (χ0v) is 13.9. The van der Waals surface area contributed by atoms with Crippen LogP contribution in [0.3, 0.4) is 0 Å². The lowest BCUT2D eigenvalue weighted by molar-refractivity contribution is -0.209. The molecular formula is C17H18BrNO3. The molecular weight excluding hydrogens is 346 g/mol. The van der Waals surface area contributed by atoms with E-state index >= 15 is 0 Å². The van der Waals surface area contributed by atoms with Crippen LogP contribution in [0, 0.1) is 0 Å². The number of benzene rings is 2. The summed E-state index contributed by atoms with van der Waals surface area (Å²) >= 11 is 3.52. The summed E-state index contributed by atoms with van der Waals surface area (Å²) in [6.45, 7) is 1.22. The number of halogens is 1. The molecule has 5 heteroatoms. The number of methoxy groups -OCH3 is 1. The predicted molar refractivity (Wildman–Crippen MR) is 87.6 cm³/mol. The number of hydrogen-bond donors (Lipinski definition) is 1. The molecule has 0 radical (unpaired) electrons. The molecule has 0 spiro atoms. The second-order valence-corrected chi connectivity index (χ2v) is 6.10. The van der Waals surface area contributed by atoms with Crippen LogP contribution < -0.4 is 4.74 Å². The molecule has 1 aliphatic rings. The molecule has 0 saturated carbocycles. The molecule has 1 atom stereocenters. The van der Waals surface area contributed by atoms with Crippen molar-refractivity contribution in [3.05, 3.63) is 63.6 Å². The van der Waals surface area contributed by atoms with Gasteiger partial charge in [-0.05, 0) is 41.0 Å². The van der Waals surface area contributed by atoms with E-state index in [2.05, 4.69) is 28.1 Å². The minimum absolute atomic E-state index is 0.0681. The SMILES string of the molecule is COc1ccc(C2ON(CCO)Cc3cc(Br)ccc32)cc1. The molecule has 116 valence electrons. The van der Waals surface area contributed by atoms with Gasteiger partial charge in [0.2, 0.25) is 0 Å². The molecule has 2 aromatic carbocycles. The second-order valence-electron chi connectivity index (χ2n) is 5.19. The third-order valence-electron chi connectivity index (χ3n) is 3.76. The number of rotatable bonds is 4. The van der Waals surface area contributed by atoms with Gasteiger partial charge in [-0.2, -0.15) is 5.06 Å². The van der Waals surface area contributed by atoms with E-state index in [-0.39, 0.29) is 12.7 Å². The third-order valence-corrected chi connectivity index (χ3v) is 4.25.